The number of aromatic hydroxyl groups is 1. The molecule has 0 fully saturated rings. The highest BCUT2D eigenvalue weighted by Gasteiger charge is 2.05. The fraction of sp³-hybridized carbons (Fsp3) is 0. The molecule has 1 heterocycles. The zero-order valence-corrected chi connectivity index (χ0v) is 13.2. The van der Waals surface area contributed by atoms with Crippen molar-refractivity contribution in [1.29, 1.82) is 0 Å². The number of carbonyl (C=O) groups is 1. The molecule has 1 aromatic carbocycles. The number of nitrogens with one attached hydrogen (secondary N) is 1. The van der Waals surface area contributed by atoms with Crippen molar-refractivity contribution in [2.75, 3.05) is 0 Å². The number of rotatable bonds is 3. The summed E-state index contributed by atoms with van der Waals surface area (Å²) in [4.78, 5) is 15.7. The van der Waals surface area contributed by atoms with Gasteiger partial charge in [0.1, 0.15) is 5.75 Å². The molecule has 102 valence electrons. The minimum Gasteiger partial charge on any atom is -0.507 e. The lowest BCUT2D eigenvalue weighted by Crippen LogP contribution is -2.17. The van der Waals surface area contributed by atoms with E-state index >= 15 is 0 Å². The van der Waals surface area contributed by atoms with E-state index in [1.165, 1.54) is 18.5 Å². The van der Waals surface area contributed by atoms with E-state index in [1.54, 1.807) is 24.4 Å². The lowest BCUT2D eigenvalue weighted by atomic mass is 10.2. The normalized spacial score (nSPS) is 10.7. The fourth-order valence-corrected chi connectivity index (χ4v) is 2.13. The van der Waals surface area contributed by atoms with Crippen molar-refractivity contribution in [2.24, 2.45) is 5.10 Å². The first-order chi connectivity index (χ1) is 9.56. The number of halogens is 2. The van der Waals surface area contributed by atoms with Gasteiger partial charge in [0.15, 0.2) is 0 Å². The van der Waals surface area contributed by atoms with Gasteiger partial charge in [0, 0.05) is 26.9 Å². The molecule has 0 atom stereocenters. The Morgan fingerprint density at radius 1 is 1.25 bits per heavy atom. The second-order valence-corrected chi connectivity index (χ2v) is 5.63. The summed E-state index contributed by atoms with van der Waals surface area (Å²) in [5.74, 6) is -0.306. The molecule has 2 rings (SSSR count). The number of benzene rings is 1. The first kappa shape index (κ1) is 14.7. The number of aromatic nitrogens is 1. The maximum Gasteiger partial charge on any atom is 0.272 e. The van der Waals surface area contributed by atoms with Gasteiger partial charge in [0.2, 0.25) is 0 Å². The average molecular weight is 399 g/mol. The van der Waals surface area contributed by atoms with Gasteiger partial charge in [0.25, 0.3) is 5.91 Å². The Morgan fingerprint density at radius 2 is 2.05 bits per heavy atom. The lowest BCUT2D eigenvalue weighted by Gasteiger charge is -2.01. The van der Waals surface area contributed by atoms with Crippen LogP contribution >= 0.6 is 31.9 Å². The Bertz CT molecular complexity index is 674. The second-order valence-electron chi connectivity index (χ2n) is 3.79. The summed E-state index contributed by atoms with van der Waals surface area (Å²) in [5, 5.41) is 13.4. The number of hydrogen-bond donors (Lipinski definition) is 2. The van der Waals surface area contributed by atoms with Gasteiger partial charge in [-0.3, -0.25) is 9.78 Å². The van der Waals surface area contributed by atoms with Gasteiger partial charge < -0.3 is 5.11 Å². The Hall–Kier alpha value is -1.73. The molecule has 7 heteroatoms. The first-order valence-corrected chi connectivity index (χ1v) is 7.07. The summed E-state index contributed by atoms with van der Waals surface area (Å²) in [7, 11) is 0. The van der Waals surface area contributed by atoms with Gasteiger partial charge in [-0.1, -0.05) is 15.9 Å². The number of hydrogen-bond acceptors (Lipinski definition) is 4. The van der Waals surface area contributed by atoms with Crippen molar-refractivity contribution in [2.45, 2.75) is 0 Å². The molecular formula is C13H9Br2N3O2. The highest BCUT2D eigenvalue weighted by Crippen LogP contribution is 2.19. The van der Waals surface area contributed by atoms with Crippen LogP contribution in [0.5, 0.6) is 5.75 Å². The van der Waals surface area contributed by atoms with Gasteiger partial charge in [0.05, 0.1) is 11.8 Å². The second kappa shape index (κ2) is 6.62. The predicted molar refractivity (Wildman–Crippen MR) is 82.8 cm³/mol. The van der Waals surface area contributed by atoms with E-state index in [0.29, 0.717) is 15.6 Å². The maximum atomic E-state index is 11.8. The number of phenolic OH excluding ortho intramolecular Hbond substituents is 1. The summed E-state index contributed by atoms with van der Waals surface area (Å²) in [6.07, 6.45) is 4.38. The van der Waals surface area contributed by atoms with Crippen molar-refractivity contribution in [3.8, 4) is 5.75 Å². The molecular weight excluding hydrogens is 390 g/mol. The fourth-order valence-electron chi connectivity index (χ4n) is 1.39. The molecule has 0 aliphatic rings. The third-order valence-corrected chi connectivity index (χ3v) is 3.25. The molecule has 1 aromatic heterocycles. The van der Waals surface area contributed by atoms with Crippen LogP contribution in [0.3, 0.4) is 0 Å². The zero-order chi connectivity index (χ0) is 14.5. The van der Waals surface area contributed by atoms with Crippen LogP contribution in [0, 0.1) is 0 Å². The molecule has 2 aromatic rings. The van der Waals surface area contributed by atoms with Gasteiger partial charge in [-0.2, -0.15) is 5.10 Å². The van der Waals surface area contributed by atoms with Gasteiger partial charge in [-0.15, -0.1) is 0 Å². The maximum absolute atomic E-state index is 11.8. The number of amides is 1. The van der Waals surface area contributed by atoms with Crippen LogP contribution in [0.4, 0.5) is 0 Å². The Balaban J connectivity index is 2.06. The molecule has 5 nitrogen and oxygen atoms in total. The third-order valence-electron chi connectivity index (χ3n) is 2.33. The minimum absolute atomic E-state index is 0.0790. The zero-order valence-electron chi connectivity index (χ0n) is 10.0. The van der Waals surface area contributed by atoms with Gasteiger partial charge in [-0.25, -0.2) is 5.43 Å². The van der Waals surface area contributed by atoms with E-state index in [1.807, 2.05) is 0 Å². The van der Waals surface area contributed by atoms with Crippen LogP contribution in [0.2, 0.25) is 0 Å². The first-order valence-electron chi connectivity index (χ1n) is 5.49. The van der Waals surface area contributed by atoms with Crippen molar-refractivity contribution < 1.29 is 9.90 Å². The van der Waals surface area contributed by atoms with Crippen LogP contribution in [0.15, 0.2) is 50.7 Å². The smallest absolute Gasteiger partial charge is 0.272 e. The predicted octanol–water partition coefficient (Wildman–Crippen LogP) is 3.08. The molecule has 0 aliphatic heterocycles. The molecule has 20 heavy (non-hydrogen) atoms. The van der Waals surface area contributed by atoms with E-state index in [4.69, 9.17) is 0 Å². The SMILES string of the molecule is O=C(N/N=C\c1cc(Br)ccc1O)c1cncc(Br)c1. The lowest BCUT2D eigenvalue weighted by molar-refractivity contribution is 0.0954. The minimum atomic E-state index is -0.385. The highest BCUT2D eigenvalue weighted by atomic mass is 79.9. The van der Waals surface area contributed by atoms with Crippen LogP contribution in [0.25, 0.3) is 0 Å². The Labute approximate surface area is 132 Å². The highest BCUT2D eigenvalue weighted by molar-refractivity contribution is 9.10. The van der Waals surface area contributed by atoms with E-state index in [9.17, 15) is 9.90 Å². The summed E-state index contributed by atoms with van der Waals surface area (Å²) in [5.41, 5.74) is 3.24. The quantitative estimate of drug-likeness (QED) is 0.616. The largest absolute Gasteiger partial charge is 0.507 e. The third kappa shape index (κ3) is 3.88. The Morgan fingerprint density at radius 3 is 2.80 bits per heavy atom. The molecule has 0 saturated heterocycles. The van der Waals surface area contributed by atoms with Crippen LogP contribution < -0.4 is 5.43 Å². The summed E-state index contributed by atoms with van der Waals surface area (Å²) >= 11 is 6.52. The van der Waals surface area contributed by atoms with Crippen LogP contribution in [-0.4, -0.2) is 22.2 Å². The van der Waals surface area contributed by atoms with Crippen molar-refractivity contribution >= 4 is 44.0 Å². The monoisotopic (exact) mass is 397 g/mol. The average Bonchev–Trinajstić information content (AvgIpc) is 2.42. The van der Waals surface area contributed by atoms with E-state index in [2.05, 4.69) is 47.4 Å². The van der Waals surface area contributed by atoms with Crippen molar-refractivity contribution in [1.82, 2.24) is 10.4 Å². The number of nitrogens with zero attached hydrogens (tertiary/aromatic N) is 2. The van der Waals surface area contributed by atoms with E-state index in [-0.39, 0.29) is 11.7 Å². The summed E-state index contributed by atoms with van der Waals surface area (Å²) < 4.78 is 1.51. The van der Waals surface area contributed by atoms with Crippen LogP contribution in [0.1, 0.15) is 15.9 Å². The van der Waals surface area contributed by atoms with E-state index < -0.39 is 0 Å². The van der Waals surface area contributed by atoms with Crippen LogP contribution in [-0.2, 0) is 0 Å². The standard InChI is InChI=1S/C13H9Br2N3O2/c14-10-1-2-12(19)8(3-10)6-17-18-13(20)9-4-11(15)7-16-5-9/h1-7,19H,(H,18,20)/b17-6-. The van der Waals surface area contributed by atoms with Gasteiger partial charge >= 0.3 is 0 Å². The van der Waals surface area contributed by atoms with Crippen molar-refractivity contribution in [3.05, 3.63) is 56.7 Å². The number of phenols is 1. The topological polar surface area (TPSA) is 74.6 Å². The molecule has 0 aliphatic carbocycles. The number of carbonyl (C=O) groups excluding carboxylic acids is 1. The molecule has 0 unspecified atom stereocenters. The molecule has 2 N–H and O–H groups in total. The number of pyridine rings is 1. The Kier molecular flexibility index (Phi) is 4.86. The molecule has 0 spiro atoms. The molecule has 1 amide bonds. The van der Waals surface area contributed by atoms with E-state index in [0.717, 1.165) is 4.47 Å². The summed E-state index contributed by atoms with van der Waals surface area (Å²) in [6, 6.07) is 6.56. The van der Waals surface area contributed by atoms with Crippen molar-refractivity contribution in [3.63, 3.8) is 0 Å². The molecule has 0 radical (unpaired) electrons. The van der Waals surface area contributed by atoms with Gasteiger partial charge in [-0.05, 0) is 40.2 Å². The molecule has 0 saturated carbocycles. The molecule has 0 bridgehead atoms. The summed E-state index contributed by atoms with van der Waals surface area (Å²) in [6.45, 7) is 0. The number of hydrazone groups is 1.